The largest absolute Gasteiger partial charge is 0.444 e. The molecule has 8 heteroatoms. The monoisotopic (exact) mass is 430 g/mol. The first kappa shape index (κ1) is 22.2. The molecule has 0 bridgehead atoms. The second-order valence-corrected chi connectivity index (χ2v) is 9.39. The van der Waals surface area contributed by atoms with Crippen molar-refractivity contribution >= 4 is 34.2 Å². The zero-order chi connectivity index (χ0) is 21.6. The number of amides is 2. The van der Waals surface area contributed by atoms with Gasteiger partial charge in [-0.2, -0.15) is 0 Å². The molecule has 1 aromatic carbocycles. The van der Waals surface area contributed by atoms with Crippen LogP contribution in [0.15, 0.2) is 29.6 Å². The number of carbonyl (C=O) groups is 2. The first-order valence-corrected chi connectivity index (χ1v) is 11.2. The molecular weight excluding hydrogens is 400 g/mol. The van der Waals surface area contributed by atoms with E-state index in [1.165, 1.54) is 30.6 Å². The highest BCUT2D eigenvalue weighted by molar-refractivity contribution is 7.13. The van der Waals surface area contributed by atoms with Gasteiger partial charge in [0.05, 0.1) is 12.1 Å². The van der Waals surface area contributed by atoms with Crippen molar-refractivity contribution in [2.75, 3.05) is 23.7 Å². The molecule has 1 aromatic heterocycles. The fraction of sp³-hybridized carbons (Fsp3) is 0.500. The molecule has 0 atom stereocenters. The van der Waals surface area contributed by atoms with Crippen molar-refractivity contribution in [3.05, 3.63) is 40.9 Å². The summed E-state index contributed by atoms with van der Waals surface area (Å²) in [7, 11) is 0. The lowest BCUT2D eigenvalue weighted by Gasteiger charge is -2.25. The fourth-order valence-electron chi connectivity index (χ4n) is 3.26. The van der Waals surface area contributed by atoms with Gasteiger partial charge in [0.2, 0.25) is 5.91 Å². The van der Waals surface area contributed by atoms with E-state index in [2.05, 4.69) is 20.5 Å². The molecule has 0 spiro atoms. The van der Waals surface area contributed by atoms with Crippen LogP contribution in [0.5, 0.6) is 0 Å². The molecule has 2 N–H and O–H groups in total. The molecule has 1 fully saturated rings. The molecule has 2 amide bonds. The molecule has 7 nitrogen and oxygen atoms in total. The summed E-state index contributed by atoms with van der Waals surface area (Å²) < 4.78 is 5.23. The molecule has 0 aliphatic carbocycles. The average molecular weight is 431 g/mol. The molecule has 2 aromatic rings. The number of aromatic nitrogens is 1. The third-order valence-electron chi connectivity index (χ3n) is 4.60. The van der Waals surface area contributed by atoms with Crippen molar-refractivity contribution in [3.63, 3.8) is 0 Å². The molecular formula is C22H30N4O3S. The van der Waals surface area contributed by atoms with Crippen LogP contribution in [0.4, 0.5) is 15.6 Å². The normalized spacial score (nSPS) is 14.9. The predicted octanol–water partition coefficient (Wildman–Crippen LogP) is 4.66. The van der Waals surface area contributed by atoms with Crippen molar-refractivity contribution in [1.29, 1.82) is 0 Å². The van der Waals surface area contributed by atoms with Crippen LogP contribution in [-0.2, 0) is 22.5 Å². The second kappa shape index (κ2) is 10.0. The van der Waals surface area contributed by atoms with Crippen LogP contribution in [0, 0.1) is 0 Å². The molecule has 2 heterocycles. The zero-order valence-electron chi connectivity index (χ0n) is 17.9. The van der Waals surface area contributed by atoms with Crippen LogP contribution in [-0.4, -0.2) is 40.6 Å². The minimum atomic E-state index is -0.550. The van der Waals surface area contributed by atoms with Crippen LogP contribution >= 0.6 is 11.3 Å². The highest BCUT2D eigenvalue weighted by atomic mass is 32.1. The summed E-state index contributed by atoms with van der Waals surface area (Å²) >= 11 is 1.46. The Hall–Kier alpha value is -2.45. The van der Waals surface area contributed by atoms with Gasteiger partial charge < -0.3 is 10.1 Å². The molecule has 3 rings (SSSR count). The van der Waals surface area contributed by atoms with Gasteiger partial charge in [-0.05, 0) is 64.4 Å². The summed E-state index contributed by atoms with van der Waals surface area (Å²) in [4.78, 5) is 31.1. The van der Waals surface area contributed by atoms with Crippen molar-refractivity contribution in [1.82, 2.24) is 9.88 Å². The summed E-state index contributed by atoms with van der Waals surface area (Å²) in [6.07, 6.45) is 3.55. The van der Waals surface area contributed by atoms with Crippen molar-refractivity contribution < 1.29 is 14.3 Å². The van der Waals surface area contributed by atoms with E-state index in [1.807, 2.05) is 38.3 Å². The van der Waals surface area contributed by atoms with Crippen molar-refractivity contribution in [2.45, 2.75) is 58.6 Å². The van der Waals surface area contributed by atoms with Crippen LogP contribution in [0.25, 0.3) is 0 Å². The van der Waals surface area contributed by atoms with Gasteiger partial charge in [-0.1, -0.05) is 18.6 Å². The minimum Gasteiger partial charge on any atom is -0.444 e. The van der Waals surface area contributed by atoms with Gasteiger partial charge >= 0.3 is 6.09 Å². The lowest BCUT2D eigenvalue weighted by Crippen LogP contribution is -2.29. The number of ether oxygens (including phenoxy) is 1. The van der Waals surface area contributed by atoms with E-state index in [0.717, 1.165) is 30.9 Å². The number of hydrogen-bond acceptors (Lipinski definition) is 6. The van der Waals surface area contributed by atoms with E-state index in [4.69, 9.17) is 4.74 Å². The third kappa shape index (κ3) is 7.42. The number of carbonyl (C=O) groups excluding carboxylic acids is 2. The Kier molecular flexibility index (Phi) is 7.44. The number of hydrogen-bond donors (Lipinski definition) is 2. The smallest absolute Gasteiger partial charge is 0.412 e. The van der Waals surface area contributed by atoms with Crippen LogP contribution in [0.1, 0.15) is 51.3 Å². The summed E-state index contributed by atoms with van der Waals surface area (Å²) in [5.74, 6) is -0.110. The maximum atomic E-state index is 12.4. The molecule has 0 saturated carbocycles. The Bertz CT molecular complexity index is 852. The Morgan fingerprint density at radius 2 is 1.80 bits per heavy atom. The van der Waals surface area contributed by atoms with E-state index in [9.17, 15) is 9.59 Å². The van der Waals surface area contributed by atoms with Crippen molar-refractivity contribution in [2.24, 2.45) is 0 Å². The number of rotatable bonds is 6. The van der Waals surface area contributed by atoms with E-state index in [0.29, 0.717) is 10.8 Å². The fourth-order valence-corrected chi connectivity index (χ4v) is 3.98. The zero-order valence-corrected chi connectivity index (χ0v) is 18.7. The summed E-state index contributed by atoms with van der Waals surface area (Å²) in [6.45, 7) is 8.53. The van der Waals surface area contributed by atoms with E-state index < -0.39 is 11.7 Å². The number of nitrogens with one attached hydrogen (secondary N) is 2. The Morgan fingerprint density at radius 1 is 1.10 bits per heavy atom. The predicted molar refractivity (Wildman–Crippen MR) is 120 cm³/mol. The maximum absolute atomic E-state index is 12.4. The number of anilines is 2. The second-order valence-electron chi connectivity index (χ2n) is 8.53. The van der Waals surface area contributed by atoms with Crippen LogP contribution < -0.4 is 10.6 Å². The standard InChI is InChI=1S/C22H30N4O3S/c1-22(2,3)29-21(28)24-17-9-7-16(8-10-17)13-19(27)25-20-23-18(15-30-20)14-26-11-5-4-6-12-26/h7-10,15H,4-6,11-14H2,1-3H3,(H,24,28)(H,23,25,27). The lowest BCUT2D eigenvalue weighted by atomic mass is 10.1. The van der Waals surface area contributed by atoms with E-state index in [1.54, 1.807) is 12.1 Å². The summed E-state index contributed by atoms with van der Waals surface area (Å²) in [5, 5.41) is 8.21. The molecule has 1 aliphatic heterocycles. The Morgan fingerprint density at radius 3 is 2.47 bits per heavy atom. The highest BCUT2D eigenvalue weighted by Gasteiger charge is 2.16. The third-order valence-corrected chi connectivity index (χ3v) is 5.40. The van der Waals surface area contributed by atoms with Gasteiger partial charge in [-0.25, -0.2) is 9.78 Å². The van der Waals surface area contributed by atoms with Gasteiger partial charge in [0.1, 0.15) is 5.60 Å². The van der Waals surface area contributed by atoms with Gasteiger partial charge in [0.25, 0.3) is 0 Å². The van der Waals surface area contributed by atoms with E-state index >= 15 is 0 Å². The van der Waals surface area contributed by atoms with Gasteiger partial charge in [0, 0.05) is 17.6 Å². The Balaban J connectivity index is 1.46. The van der Waals surface area contributed by atoms with Gasteiger partial charge in [-0.15, -0.1) is 11.3 Å². The average Bonchev–Trinajstić information content (AvgIpc) is 3.09. The number of nitrogens with zero attached hydrogens (tertiary/aromatic N) is 2. The maximum Gasteiger partial charge on any atom is 0.412 e. The number of benzene rings is 1. The van der Waals surface area contributed by atoms with Crippen molar-refractivity contribution in [3.8, 4) is 0 Å². The highest BCUT2D eigenvalue weighted by Crippen LogP contribution is 2.19. The SMILES string of the molecule is CC(C)(C)OC(=O)Nc1ccc(CC(=O)Nc2nc(CN3CCCCC3)cs2)cc1. The Labute approximate surface area is 181 Å². The summed E-state index contributed by atoms with van der Waals surface area (Å²) in [5.41, 5.74) is 1.93. The first-order chi connectivity index (χ1) is 14.3. The molecule has 162 valence electrons. The minimum absolute atomic E-state index is 0.110. The lowest BCUT2D eigenvalue weighted by molar-refractivity contribution is -0.115. The first-order valence-electron chi connectivity index (χ1n) is 10.3. The molecule has 1 aliphatic rings. The van der Waals surface area contributed by atoms with Crippen LogP contribution in [0.3, 0.4) is 0 Å². The summed E-state index contributed by atoms with van der Waals surface area (Å²) in [6, 6.07) is 7.14. The number of thiazole rings is 1. The number of piperidine rings is 1. The van der Waals surface area contributed by atoms with Gasteiger partial charge in [0.15, 0.2) is 5.13 Å². The molecule has 1 saturated heterocycles. The van der Waals surface area contributed by atoms with E-state index in [-0.39, 0.29) is 12.3 Å². The molecule has 0 radical (unpaired) electrons. The number of likely N-dealkylation sites (tertiary alicyclic amines) is 1. The molecule has 30 heavy (non-hydrogen) atoms. The topological polar surface area (TPSA) is 83.6 Å². The van der Waals surface area contributed by atoms with Crippen LogP contribution in [0.2, 0.25) is 0 Å². The van der Waals surface area contributed by atoms with Gasteiger partial charge in [-0.3, -0.25) is 15.0 Å². The molecule has 0 unspecified atom stereocenters. The quantitative estimate of drug-likeness (QED) is 0.697.